The number of nitrogens with zero attached hydrogens (tertiary/aromatic N) is 2. The largest absolute Gasteiger partial charge is 0.356 e. The lowest BCUT2D eigenvalue weighted by Gasteiger charge is -2.31. The fraction of sp³-hybridized carbons (Fsp3) is 0.583. The second kappa shape index (κ2) is 11.1. The van der Waals surface area contributed by atoms with E-state index in [4.69, 9.17) is 0 Å². The molecule has 0 bridgehead atoms. The summed E-state index contributed by atoms with van der Waals surface area (Å²) >= 11 is 0. The third kappa shape index (κ3) is 7.00. The van der Waals surface area contributed by atoms with E-state index < -0.39 is 0 Å². The molecule has 29 heavy (non-hydrogen) atoms. The van der Waals surface area contributed by atoms with Crippen molar-refractivity contribution in [2.75, 3.05) is 39.3 Å². The first-order valence-corrected chi connectivity index (χ1v) is 11.1. The normalized spacial score (nSPS) is 19.6. The summed E-state index contributed by atoms with van der Waals surface area (Å²) in [6.45, 7) is 7.86. The highest BCUT2D eigenvalue weighted by Crippen LogP contribution is 2.18. The van der Waals surface area contributed by atoms with E-state index in [1.54, 1.807) is 6.08 Å². The fourth-order valence-corrected chi connectivity index (χ4v) is 4.14. The minimum Gasteiger partial charge on any atom is -0.356 e. The summed E-state index contributed by atoms with van der Waals surface area (Å²) in [5.41, 5.74) is 1.02. The van der Waals surface area contributed by atoms with Gasteiger partial charge in [0.05, 0.1) is 0 Å². The average molecular weight is 398 g/mol. The number of piperidine rings is 2. The van der Waals surface area contributed by atoms with Crippen molar-refractivity contribution in [1.82, 2.24) is 15.1 Å². The first kappa shape index (κ1) is 21.6. The minimum absolute atomic E-state index is 0.0311. The predicted molar refractivity (Wildman–Crippen MR) is 117 cm³/mol. The molecule has 1 N–H and O–H groups in total. The summed E-state index contributed by atoms with van der Waals surface area (Å²) in [6, 6.07) is 9.84. The van der Waals surface area contributed by atoms with Crippen LogP contribution in [0.15, 0.2) is 36.4 Å². The van der Waals surface area contributed by atoms with E-state index in [1.165, 1.54) is 25.9 Å². The average Bonchev–Trinajstić information content (AvgIpc) is 2.77. The molecule has 2 aliphatic rings. The van der Waals surface area contributed by atoms with Crippen molar-refractivity contribution in [2.45, 2.75) is 39.0 Å². The summed E-state index contributed by atoms with van der Waals surface area (Å²) in [7, 11) is 0. The van der Waals surface area contributed by atoms with Crippen LogP contribution in [0.3, 0.4) is 0 Å². The Morgan fingerprint density at radius 1 is 1.03 bits per heavy atom. The molecule has 0 aliphatic carbocycles. The number of hydrogen-bond donors (Lipinski definition) is 1. The molecule has 5 nitrogen and oxygen atoms in total. The van der Waals surface area contributed by atoms with Crippen LogP contribution in [0.2, 0.25) is 0 Å². The Morgan fingerprint density at radius 3 is 2.41 bits per heavy atom. The van der Waals surface area contributed by atoms with Gasteiger partial charge < -0.3 is 15.1 Å². The maximum absolute atomic E-state index is 12.4. The van der Waals surface area contributed by atoms with Gasteiger partial charge in [0.15, 0.2) is 0 Å². The van der Waals surface area contributed by atoms with Crippen molar-refractivity contribution in [1.29, 1.82) is 0 Å². The van der Waals surface area contributed by atoms with E-state index in [-0.39, 0.29) is 17.7 Å². The molecule has 0 unspecified atom stereocenters. The van der Waals surface area contributed by atoms with Gasteiger partial charge in [0.1, 0.15) is 0 Å². The van der Waals surface area contributed by atoms with E-state index >= 15 is 0 Å². The SMILES string of the molecule is CC1CCN(CCCNC(=O)C2CCN(C(=O)/C=C/c3ccccc3)CC2)CC1. The quantitative estimate of drug-likeness (QED) is 0.568. The van der Waals surface area contributed by atoms with Crippen molar-refractivity contribution in [3.05, 3.63) is 42.0 Å². The summed E-state index contributed by atoms with van der Waals surface area (Å²) in [6.07, 6.45) is 8.60. The van der Waals surface area contributed by atoms with Gasteiger partial charge in [-0.25, -0.2) is 0 Å². The monoisotopic (exact) mass is 397 g/mol. The number of nitrogens with one attached hydrogen (secondary N) is 1. The van der Waals surface area contributed by atoms with Crippen LogP contribution in [0, 0.1) is 11.8 Å². The van der Waals surface area contributed by atoms with E-state index in [0.29, 0.717) is 13.1 Å². The zero-order chi connectivity index (χ0) is 20.5. The number of carbonyl (C=O) groups excluding carboxylic acids is 2. The van der Waals surface area contributed by atoms with Crippen LogP contribution in [-0.2, 0) is 9.59 Å². The zero-order valence-corrected chi connectivity index (χ0v) is 17.7. The lowest BCUT2D eigenvalue weighted by atomic mass is 9.95. The fourth-order valence-electron chi connectivity index (χ4n) is 4.14. The molecule has 2 amide bonds. The predicted octanol–water partition coefficient (Wildman–Crippen LogP) is 3.18. The van der Waals surface area contributed by atoms with Crippen molar-refractivity contribution < 1.29 is 9.59 Å². The molecular formula is C24H35N3O2. The van der Waals surface area contributed by atoms with Gasteiger partial charge in [-0.15, -0.1) is 0 Å². The molecule has 1 aromatic carbocycles. The van der Waals surface area contributed by atoms with Gasteiger partial charge in [0, 0.05) is 31.6 Å². The molecule has 2 saturated heterocycles. The standard InChI is InChI=1S/C24H35N3O2/c1-20-10-16-26(17-11-20)15-5-14-25-24(29)22-12-18-27(19-13-22)23(28)9-8-21-6-3-2-4-7-21/h2-4,6-9,20,22H,5,10-19H2,1H3,(H,25,29)/b9-8+. The summed E-state index contributed by atoms with van der Waals surface area (Å²) in [5, 5.41) is 3.11. The number of likely N-dealkylation sites (tertiary alicyclic amines) is 2. The van der Waals surface area contributed by atoms with Crippen LogP contribution >= 0.6 is 0 Å². The van der Waals surface area contributed by atoms with Gasteiger partial charge in [-0.2, -0.15) is 0 Å². The van der Waals surface area contributed by atoms with Gasteiger partial charge in [-0.1, -0.05) is 37.3 Å². The van der Waals surface area contributed by atoms with Crippen LogP contribution in [-0.4, -0.2) is 60.9 Å². The number of carbonyl (C=O) groups is 2. The van der Waals surface area contributed by atoms with Gasteiger partial charge in [-0.3, -0.25) is 9.59 Å². The molecule has 5 heteroatoms. The van der Waals surface area contributed by atoms with Gasteiger partial charge in [0.25, 0.3) is 0 Å². The van der Waals surface area contributed by atoms with E-state index in [0.717, 1.165) is 43.8 Å². The second-order valence-electron chi connectivity index (χ2n) is 8.51. The Balaban J connectivity index is 1.31. The lowest BCUT2D eigenvalue weighted by molar-refractivity contribution is -0.132. The van der Waals surface area contributed by atoms with Crippen molar-refractivity contribution in [2.24, 2.45) is 11.8 Å². The second-order valence-corrected chi connectivity index (χ2v) is 8.51. The van der Waals surface area contributed by atoms with Gasteiger partial charge in [-0.05, 0) is 69.3 Å². The Labute approximate surface area is 175 Å². The summed E-state index contributed by atoms with van der Waals surface area (Å²) in [4.78, 5) is 29.2. The van der Waals surface area contributed by atoms with Crippen molar-refractivity contribution in [3.63, 3.8) is 0 Å². The van der Waals surface area contributed by atoms with Crippen LogP contribution in [0.1, 0.15) is 44.6 Å². The van der Waals surface area contributed by atoms with E-state index in [2.05, 4.69) is 17.1 Å². The maximum atomic E-state index is 12.4. The maximum Gasteiger partial charge on any atom is 0.246 e. The Kier molecular flexibility index (Phi) is 8.29. The molecule has 0 saturated carbocycles. The Hall–Kier alpha value is -2.14. The molecule has 0 radical (unpaired) electrons. The van der Waals surface area contributed by atoms with Gasteiger partial charge >= 0.3 is 0 Å². The molecule has 0 spiro atoms. The topological polar surface area (TPSA) is 52.7 Å². The molecule has 1 aromatic rings. The number of benzene rings is 1. The smallest absolute Gasteiger partial charge is 0.246 e. The highest BCUT2D eigenvalue weighted by molar-refractivity contribution is 5.92. The van der Waals surface area contributed by atoms with Crippen LogP contribution in [0.4, 0.5) is 0 Å². The molecule has 0 atom stereocenters. The zero-order valence-electron chi connectivity index (χ0n) is 17.7. The molecule has 158 valence electrons. The summed E-state index contributed by atoms with van der Waals surface area (Å²) < 4.78 is 0. The van der Waals surface area contributed by atoms with Crippen LogP contribution in [0.25, 0.3) is 6.08 Å². The number of amides is 2. The third-order valence-corrected chi connectivity index (χ3v) is 6.22. The number of hydrogen-bond acceptors (Lipinski definition) is 3. The molecule has 2 fully saturated rings. The van der Waals surface area contributed by atoms with Crippen LogP contribution < -0.4 is 5.32 Å². The Bertz CT molecular complexity index is 673. The van der Waals surface area contributed by atoms with Crippen molar-refractivity contribution >= 4 is 17.9 Å². The molecule has 2 aliphatic heterocycles. The molecule has 2 heterocycles. The first-order chi connectivity index (χ1) is 14.1. The highest BCUT2D eigenvalue weighted by Gasteiger charge is 2.26. The summed E-state index contributed by atoms with van der Waals surface area (Å²) in [5.74, 6) is 1.08. The first-order valence-electron chi connectivity index (χ1n) is 11.1. The lowest BCUT2D eigenvalue weighted by Crippen LogP contribution is -2.43. The van der Waals surface area contributed by atoms with Gasteiger partial charge in [0.2, 0.25) is 11.8 Å². The van der Waals surface area contributed by atoms with Crippen LogP contribution in [0.5, 0.6) is 0 Å². The Morgan fingerprint density at radius 2 is 1.72 bits per heavy atom. The van der Waals surface area contributed by atoms with Crippen molar-refractivity contribution in [3.8, 4) is 0 Å². The van der Waals surface area contributed by atoms with E-state index in [9.17, 15) is 9.59 Å². The third-order valence-electron chi connectivity index (χ3n) is 6.22. The molecule has 0 aromatic heterocycles. The van der Waals surface area contributed by atoms with E-state index in [1.807, 2.05) is 41.3 Å². The minimum atomic E-state index is 0.0311. The highest BCUT2D eigenvalue weighted by atomic mass is 16.2. The molecule has 3 rings (SSSR count). The number of rotatable bonds is 7. The molecular weight excluding hydrogens is 362 g/mol.